The van der Waals surface area contributed by atoms with Gasteiger partial charge in [0.1, 0.15) is 17.7 Å². The highest BCUT2D eigenvalue weighted by molar-refractivity contribution is 5.88. The zero-order valence-electron chi connectivity index (χ0n) is 15.1. The molecule has 5 nitrogen and oxygen atoms in total. The van der Waals surface area contributed by atoms with Crippen LogP contribution in [0.1, 0.15) is 23.5 Å². The molecule has 3 rings (SSSR count). The van der Waals surface area contributed by atoms with Crippen LogP contribution >= 0.6 is 0 Å². The molecule has 28 heavy (non-hydrogen) atoms. The summed E-state index contributed by atoms with van der Waals surface area (Å²) >= 11 is 0. The molecule has 0 N–H and O–H groups in total. The predicted octanol–water partition coefficient (Wildman–Crippen LogP) is 5.09. The Kier molecular flexibility index (Phi) is 5.79. The lowest BCUT2D eigenvalue weighted by molar-refractivity contribution is -0.483. The fourth-order valence-corrected chi connectivity index (χ4v) is 3.34. The minimum atomic E-state index is -0.436. The summed E-state index contributed by atoms with van der Waals surface area (Å²) in [6.45, 7) is -0.273. The summed E-state index contributed by atoms with van der Waals surface area (Å²) in [5, 5.41) is 32.2. The Morgan fingerprint density at radius 3 is 2.21 bits per heavy atom. The maximum absolute atomic E-state index is 11.2. The fourth-order valence-electron chi connectivity index (χ4n) is 3.34. The van der Waals surface area contributed by atoms with Crippen molar-refractivity contribution in [3.05, 3.63) is 99.6 Å². The number of nitriles is 2. The molecule has 1 unspecified atom stereocenters. The molecule has 0 heterocycles. The summed E-state index contributed by atoms with van der Waals surface area (Å²) in [4.78, 5) is 10.9. The average molecular weight is 367 g/mol. The summed E-state index contributed by atoms with van der Waals surface area (Å²) < 4.78 is 0. The van der Waals surface area contributed by atoms with Crippen molar-refractivity contribution in [1.29, 1.82) is 10.5 Å². The molecule has 3 aromatic carbocycles. The number of fused-ring (bicyclic) bond motifs is 1. The highest BCUT2D eigenvalue weighted by Gasteiger charge is 2.22. The maximum atomic E-state index is 11.2. The number of nitrogens with zero attached hydrogens (tertiary/aromatic N) is 3. The van der Waals surface area contributed by atoms with Crippen LogP contribution < -0.4 is 0 Å². The van der Waals surface area contributed by atoms with Crippen LogP contribution in [-0.2, 0) is 0 Å². The summed E-state index contributed by atoms with van der Waals surface area (Å²) in [7, 11) is 0. The van der Waals surface area contributed by atoms with Gasteiger partial charge in [-0.2, -0.15) is 10.5 Å². The molecule has 0 bridgehead atoms. The Balaban J connectivity index is 2.09. The van der Waals surface area contributed by atoms with Crippen LogP contribution in [0.15, 0.2) is 78.4 Å². The van der Waals surface area contributed by atoms with Gasteiger partial charge < -0.3 is 0 Å². The van der Waals surface area contributed by atoms with E-state index in [-0.39, 0.29) is 23.5 Å². The first kappa shape index (κ1) is 18.8. The molecule has 0 aliphatic rings. The Labute approximate surface area is 162 Å². The third-order valence-electron chi connectivity index (χ3n) is 4.71. The fraction of sp³-hybridized carbons (Fsp3) is 0.130. The van der Waals surface area contributed by atoms with E-state index >= 15 is 0 Å². The first-order valence-electron chi connectivity index (χ1n) is 8.81. The number of hydrogen-bond acceptors (Lipinski definition) is 4. The van der Waals surface area contributed by atoms with Crippen LogP contribution in [0, 0.1) is 32.8 Å². The van der Waals surface area contributed by atoms with Gasteiger partial charge in [0.25, 0.3) is 0 Å². The summed E-state index contributed by atoms with van der Waals surface area (Å²) in [6, 6.07) is 26.6. The molecule has 0 saturated heterocycles. The van der Waals surface area contributed by atoms with Gasteiger partial charge in [0.2, 0.25) is 6.54 Å². The van der Waals surface area contributed by atoms with Gasteiger partial charge in [0, 0.05) is 4.92 Å². The van der Waals surface area contributed by atoms with Gasteiger partial charge in [0.05, 0.1) is 5.92 Å². The quantitative estimate of drug-likeness (QED) is 0.345. The number of allylic oxidation sites excluding steroid dienone is 2. The van der Waals surface area contributed by atoms with E-state index in [9.17, 15) is 20.6 Å². The normalized spacial score (nSPS) is 11.2. The standard InChI is InChI=1S/C23H17N3O2/c24-14-22(15-25)23(20-11-10-18-8-4-5-9-19(18)12-20)13-21(16-26(27)28)17-6-2-1-3-7-17/h1-12,21H,13,16H2. The highest BCUT2D eigenvalue weighted by atomic mass is 16.6. The second kappa shape index (κ2) is 8.62. The van der Waals surface area contributed by atoms with Crippen molar-refractivity contribution >= 4 is 16.3 Å². The second-order valence-corrected chi connectivity index (χ2v) is 6.47. The molecular weight excluding hydrogens is 350 g/mol. The van der Waals surface area contributed by atoms with Crippen molar-refractivity contribution in [2.24, 2.45) is 0 Å². The van der Waals surface area contributed by atoms with Crippen LogP contribution in [0.5, 0.6) is 0 Å². The Hall–Kier alpha value is -3.96. The van der Waals surface area contributed by atoms with Gasteiger partial charge in [-0.05, 0) is 40.0 Å². The smallest absolute Gasteiger partial charge is 0.211 e. The molecule has 0 aromatic heterocycles. The van der Waals surface area contributed by atoms with E-state index in [1.165, 1.54) is 0 Å². The van der Waals surface area contributed by atoms with Crippen molar-refractivity contribution < 1.29 is 4.92 Å². The number of rotatable bonds is 6. The first-order valence-corrected chi connectivity index (χ1v) is 8.81. The highest BCUT2D eigenvalue weighted by Crippen LogP contribution is 2.33. The lowest BCUT2D eigenvalue weighted by Crippen LogP contribution is -2.13. The van der Waals surface area contributed by atoms with E-state index in [0.717, 1.165) is 21.9 Å². The number of hydrogen-bond donors (Lipinski definition) is 0. The van der Waals surface area contributed by atoms with Crippen LogP contribution in [-0.4, -0.2) is 11.5 Å². The zero-order valence-corrected chi connectivity index (χ0v) is 15.1. The van der Waals surface area contributed by atoms with E-state index in [0.29, 0.717) is 5.57 Å². The molecule has 0 radical (unpaired) electrons. The van der Waals surface area contributed by atoms with E-state index in [4.69, 9.17) is 0 Å². The summed E-state index contributed by atoms with van der Waals surface area (Å²) in [6.07, 6.45) is 0.236. The third-order valence-corrected chi connectivity index (χ3v) is 4.71. The van der Waals surface area contributed by atoms with E-state index in [1.807, 2.05) is 84.9 Å². The second-order valence-electron chi connectivity index (χ2n) is 6.47. The monoisotopic (exact) mass is 367 g/mol. The molecule has 0 spiro atoms. The first-order chi connectivity index (χ1) is 13.6. The Morgan fingerprint density at radius 2 is 1.57 bits per heavy atom. The zero-order chi connectivity index (χ0) is 19.9. The molecule has 0 fully saturated rings. The van der Waals surface area contributed by atoms with Gasteiger partial charge in [-0.15, -0.1) is 0 Å². The van der Waals surface area contributed by atoms with E-state index in [1.54, 1.807) is 0 Å². The van der Waals surface area contributed by atoms with Gasteiger partial charge in [-0.3, -0.25) is 10.1 Å². The van der Waals surface area contributed by atoms with Crippen LogP contribution in [0.3, 0.4) is 0 Å². The largest absolute Gasteiger partial charge is 0.265 e. The van der Waals surface area contributed by atoms with Crippen LogP contribution in [0.2, 0.25) is 0 Å². The average Bonchev–Trinajstić information content (AvgIpc) is 2.73. The van der Waals surface area contributed by atoms with Crippen molar-refractivity contribution in [3.8, 4) is 12.1 Å². The molecule has 0 saturated carbocycles. The van der Waals surface area contributed by atoms with Crippen LogP contribution in [0.4, 0.5) is 0 Å². The van der Waals surface area contributed by atoms with Crippen molar-refractivity contribution in [3.63, 3.8) is 0 Å². The molecule has 1 atom stereocenters. The Bertz CT molecular complexity index is 1110. The van der Waals surface area contributed by atoms with Gasteiger partial charge >= 0.3 is 0 Å². The topological polar surface area (TPSA) is 90.7 Å². The molecule has 5 heteroatoms. The molecule has 0 aliphatic carbocycles. The van der Waals surface area contributed by atoms with E-state index < -0.39 is 5.92 Å². The van der Waals surface area contributed by atoms with E-state index in [2.05, 4.69) is 0 Å². The van der Waals surface area contributed by atoms with Crippen LogP contribution in [0.25, 0.3) is 16.3 Å². The molecular formula is C23H17N3O2. The minimum Gasteiger partial charge on any atom is -0.265 e. The maximum Gasteiger partial charge on any atom is 0.211 e. The predicted molar refractivity (Wildman–Crippen MR) is 108 cm³/mol. The van der Waals surface area contributed by atoms with Crippen molar-refractivity contribution in [2.75, 3.05) is 6.54 Å². The lowest BCUT2D eigenvalue weighted by Gasteiger charge is -2.17. The SMILES string of the molecule is N#CC(C#N)=C(CC(C[N+](=O)[O-])c1ccccc1)c1ccc2ccccc2c1. The molecule has 0 amide bonds. The molecule has 136 valence electrons. The summed E-state index contributed by atoms with van der Waals surface area (Å²) in [5.74, 6) is -0.436. The van der Waals surface area contributed by atoms with Crippen molar-refractivity contribution in [2.45, 2.75) is 12.3 Å². The molecule has 0 aliphatic heterocycles. The summed E-state index contributed by atoms with van der Waals surface area (Å²) in [5.41, 5.74) is 2.07. The lowest BCUT2D eigenvalue weighted by atomic mass is 9.86. The van der Waals surface area contributed by atoms with Gasteiger partial charge in [0.15, 0.2) is 0 Å². The van der Waals surface area contributed by atoms with Gasteiger partial charge in [-0.1, -0.05) is 66.7 Å². The minimum absolute atomic E-state index is 0.0143. The van der Waals surface area contributed by atoms with Gasteiger partial charge in [-0.25, -0.2) is 0 Å². The molecule has 3 aromatic rings. The Morgan fingerprint density at radius 1 is 0.929 bits per heavy atom. The third kappa shape index (κ3) is 4.23. The van der Waals surface area contributed by atoms with Crippen molar-refractivity contribution in [1.82, 2.24) is 0 Å². The number of benzene rings is 3. The number of nitro groups is 1.